The Labute approximate surface area is 192 Å². The summed E-state index contributed by atoms with van der Waals surface area (Å²) in [5.74, 6) is -3.04. The molecular weight excluding hydrogens is 425 g/mol. The van der Waals surface area contributed by atoms with E-state index in [-0.39, 0.29) is 17.6 Å². The minimum Gasteiger partial charge on any atom is -0.481 e. The number of para-hydroxylation sites is 1. The first-order chi connectivity index (χ1) is 15.9. The fourth-order valence-corrected chi connectivity index (χ4v) is 4.73. The smallest absolute Gasteiger partial charge is 0.307 e. The fraction of sp³-hybridized carbons (Fsp3) is 0.400. The molecule has 0 unspecified atom stereocenters. The Bertz CT molecular complexity index is 1020. The number of aliphatic carboxylic acids is 1. The van der Waals surface area contributed by atoms with Crippen molar-refractivity contribution in [2.24, 2.45) is 11.8 Å². The van der Waals surface area contributed by atoms with Gasteiger partial charge in [0.25, 0.3) is 5.91 Å². The zero-order chi connectivity index (χ0) is 23.4. The van der Waals surface area contributed by atoms with Gasteiger partial charge in [0.05, 0.1) is 23.1 Å². The molecule has 4 rings (SSSR count). The minimum absolute atomic E-state index is 0.178. The number of carboxylic acids is 1. The number of carbonyl (C=O) groups is 3. The number of carbonyl (C=O) groups excluding carboxylic acids is 2. The van der Waals surface area contributed by atoms with Crippen molar-refractivity contribution < 1.29 is 23.9 Å². The molecule has 2 fully saturated rings. The molecule has 2 aliphatic rings. The largest absolute Gasteiger partial charge is 0.481 e. The first kappa shape index (κ1) is 22.8. The number of halogens is 1. The molecule has 2 aromatic carbocycles. The van der Waals surface area contributed by atoms with Gasteiger partial charge >= 0.3 is 5.97 Å². The highest BCUT2D eigenvalue weighted by molar-refractivity contribution is 6.04. The number of carboxylic acid groups (broad SMARTS) is 1. The first-order valence-corrected chi connectivity index (χ1v) is 11.4. The number of amides is 2. The number of piperazine rings is 1. The lowest BCUT2D eigenvalue weighted by Crippen LogP contribution is -2.49. The van der Waals surface area contributed by atoms with Crippen LogP contribution in [0.5, 0.6) is 0 Å². The lowest BCUT2D eigenvalue weighted by atomic mass is 9.78. The quantitative estimate of drug-likeness (QED) is 0.722. The van der Waals surface area contributed by atoms with Gasteiger partial charge in [-0.3, -0.25) is 14.4 Å². The SMILES string of the molecule is O=C(O)[C@H]1CCCC[C@H]1C(=O)Nc1ccccc1C(=O)N1CCN(c2ccc(F)cc2)CC1. The maximum Gasteiger partial charge on any atom is 0.307 e. The van der Waals surface area contributed by atoms with Crippen molar-refractivity contribution in [1.29, 1.82) is 0 Å². The third-order valence-corrected chi connectivity index (χ3v) is 6.59. The van der Waals surface area contributed by atoms with Gasteiger partial charge < -0.3 is 20.2 Å². The highest BCUT2D eigenvalue weighted by atomic mass is 19.1. The zero-order valence-electron chi connectivity index (χ0n) is 18.4. The van der Waals surface area contributed by atoms with Crippen LogP contribution in [0.1, 0.15) is 36.0 Å². The van der Waals surface area contributed by atoms with Crippen LogP contribution in [0, 0.1) is 17.7 Å². The van der Waals surface area contributed by atoms with Gasteiger partial charge in [-0.2, -0.15) is 0 Å². The molecule has 7 nitrogen and oxygen atoms in total. The molecule has 33 heavy (non-hydrogen) atoms. The monoisotopic (exact) mass is 453 g/mol. The average molecular weight is 454 g/mol. The summed E-state index contributed by atoms with van der Waals surface area (Å²) < 4.78 is 13.2. The van der Waals surface area contributed by atoms with E-state index < -0.39 is 17.8 Å². The molecule has 2 N–H and O–H groups in total. The Morgan fingerprint density at radius 2 is 1.52 bits per heavy atom. The Hall–Kier alpha value is -3.42. The topological polar surface area (TPSA) is 89.9 Å². The van der Waals surface area contributed by atoms with Crippen LogP contribution in [0.2, 0.25) is 0 Å². The molecule has 1 saturated carbocycles. The average Bonchev–Trinajstić information content (AvgIpc) is 2.84. The Morgan fingerprint density at radius 1 is 0.879 bits per heavy atom. The van der Waals surface area contributed by atoms with Crippen molar-refractivity contribution in [3.8, 4) is 0 Å². The molecule has 2 atom stereocenters. The molecular formula is C25H28FN3O4. The molecule has 2 aromatic rings. The predicted octanol–water partition coefficient (Wildman–Crippen LogP) is 3.62. The van der Waals surface area contributed by atoms with Crippen molar-refractivity contribution in [2.45, 2.75) is 25.7 Å². The number of rotatable bonds is 5. The van der Waals surface area contributed by atoms with Gasteiger partial charge in [0.1, 0.15) is 5.82 Å². The van der Waals surface area contributed by atoms with Crippen molar-refractivity contribution in [1.82, 2.24) is 4.90 Å². The number of hydrogen-bond acceptors (Lipinski definition) is 4. The third kappa shape index (κ3) is 5.16. The first-order valence-electron chi connectivity index (χ1n) is 11.4. The summed E-state index contributed by atoms with van der Waals surface area (Å²) in [6, 6.07) is 13.2. The summed E-state index contributed by atoms with van der Waals surface area (Å²) in [7, 11) is 0. The van der Waals surface area contributed by atoms with Gasteiger partial charge in [-0.05, 0) is 49.2 Å². The van der Waals surface area contributed by atoms with E-state index in [0.29, 0.717) is 50.3 Å². The second-order valence-corrected chi connectivity index (χ2v) is 8.63. The molecule has 1 saturated heterocycles. The summed E-state index contributed by atoms with van der Waals surface area (Å²) in [4.78, 5) is 41.6. The molecule has 1 aliphatic carbocycles. The van der Waals surface area contributed by atoms with Crippen LogP contribution < -0.4 is 10.2 Å². The fourth-order valence-electron chi connectivity index (χ4n) is 4.73. The standard InChI is InChI=1S/C25H28FN3O4/c26-17-9-11-18(12-10-17)28-13-15-29(16-14-28)24(31)21-7-3-4-8-22(21)27-23(30)19-5-1-2-6-20(19)25(32)33/h3-4,7-12,19-20H,1-2,5-6,13-16H2,(H,27,30)(H,32,33)/t19-,20+/m1/s1. The number of nitrogens with one attached hydrogen (secondary N) is 1. The van der Waals surface area contributed by atoms with Crippen LogP contribution >= 0.6 is 0 Å². The second kappa shape index (κ2) is 10.0. The summed E-state index contributed by atoms with van der Waals surface area (Å²) in [5.41, 5.74) is 1.71. The van der Waals surface area contributed by atoms with Gasteiger partial charge in [0.15, 0.2) is 0 Å². The molecule has 0 spiro atoms. The minimum atomic E-state index is -0.946. The van der Waals surface area contributed by atoms with Crippen LogP contribution in [-0.2, 0) is 9.59 Å². The van der Waals surface area contributed by atoms with Crippen molar-refractivity contribution in [2.75, 3.05) is 36.4 Å². The maximum absolute atomic E-state index is 13.3. The predicted molar refractivity (Wildman–Crippen MR) is 123 cm³/mol. The van der Waals surface area contributed by atoms with E-state index in [1.54, 1.807) is 41.3 Å². The normalized spacial score (nSPS) is 20.9. The second-order valence-electron chi connectivity index (χ2n) is 8.63. The molecule has 8 heteroatoms. The molecule has 174 valence electrons. The highest BCUT2D eigenvalue weighted by Gasteiger charge is 2.36. The van der Waals surface area contributed by atoms with E-state index in [9.17, 15) is 23.9 Å². The van der Waals surface area contributed by atoms with Gasteiger partial charge in [0, 0.05) is 31.9 Å². The van der Waals surface area contributed by atoms with E-state index in [1.165, 1.54) is 12.1 Å². The van der Waals surface area contributed by atoms with E-state index in [0.717, 1.165) is 18.5 Å². The molecule has 0 bridgehead atoms. The van der Waals surface area contributed by atoms with E-state index in [4.69, 9.17) is 0 Å². The summed E-state index contributed by atoms with van der Waals surface area (Å²) in [6.45, 7) is 2.24. The van der Waals surface area contributed by atoms with Crippen LogP contribution in [0.3, 0.4) is 0 Å². The van der Waals surface area contributed by atoms with Crippen molar-refractivity contribution in [3.63, 3.8) is 0 Å². The van der Waals surface area contributed by atoms with Crippen molar-refractivity contribution in [3.05, 3.63) is 59.9 Å². The highest BCUT2D eigenvalue weighted by Crippen LogP contribution is 2.32. The summed E-state index contributed by atoms with van der Waals surface area (Å²) in [6.07, 6.45) is 2.65. The number of hydrogen-bond donors (Lipinski definition) is 2. The Morgan fingerprint density at radius 3 is 2.18 bits per heavy atom. The molecule has 0 aromatic heterocycles. The summed E-state index contributed by atoms with van der Waals surface area (Å²) in [5, 5.41) is 12.3. The molecule has 0 radical (unpaired) electrons. The van der Waals surface area contributed by atoms with Crippen molar-refractivity contribution >= 4 is 29.2 Å². The van der Waals surface area contributed by atoms with Gasteiger partial charge in [-0.1, -0.05) is 25.0 Å². The van der Waals surface area contributed by atoms with Crippen LogP contribution in [-0.4, -0.2) is 54.0 Å². The van der Waals surface area contributed by atoms with E-state index >= 15 is 0 Å². The maximum atomic E-state index is 13.3. The lowest BCUT2D eigenvalue weighted by Gasteiger charge is -2.36. The number of anilines is 2. The van der Waals surface area contributed by atoms with E-state index in [2.05, 4.69) is 10.2 Å². The third-order valence-electron chi connectivity index (χ3n) is 6.59. The number of benzene rings is 2. The Balaban J connectivity index is 1.43. The van der Waals surface area contributed by atoms with Crippen LogP contribution in [0.25, 0.3) is 0 Å². The molecule has 2 amide bonds. The molecule has 1 heterocycles. The van der Waals surface area contributed by atoms with Crippen LogP contribution in [0.15, 0.2) is 48.5 Å². The van der Waals surface area contributed by atoms with Gasteiger partial charge in [-0.25, -0.2) is 4.39 Å². The number of nitrogens with zero attached hydrogens (tertiary/aromatic N) is 2. The molecule has 1 aliphatic heterocycles. The lowest BCUT2D eigenvalue weighted by molar-refractivity contribution is -0.147. The Kier molecular flexibility index (Phi) is 6.91. The van der Waals surface area contributed by atoms with Gasteiger partial charge in [-0.15, -0.1) is 0 Å². The van der Waals surface area contributed by atoms with Crippen LogP contribution in [0.4, 0.5) is 15.8 Å². The zero-order valence-corrected chi connectivity index (χ0v) is 18.4. The van der Waals surface area contributed by atoms with Gasteiger partial charge in [0.2, 0.25) is 5.91 Å². The summed E-state index contributed by atoms with van der Waals surface area (Å²) >= 11 is 0. The van der Waals surface area contributed by atoms with E-state index in [1.807, 2.05) is 0 Å².